The normalized spacial score (nSPS) is 11.2. The van der Waals surface area contributed by atoms with E-state index in [4.69, 9.17) is 0 Å². The molecule has 0 aliphatic rings. The molecule has 5 nitrogen and oxygen atoms in total. The van der Waals surface area contributed by atoms with Crippen LogP contribution in [0.4, 0.5) is 14.5 Å². The van der Waals surface area contributed by atoms with Crippen LogP contribution in [-0.4, -0.2) is 32.3 Å². The van der Waals surface area contributed by atoms with Gasteiger partial charge >= 0.3 is 0 Å². The van der Waals surface area contributed by atoms with Gasteiger partial charge in [-0.25, -0.2) is 17.2 Å². The third-order valence-corrected chi connectivity index (χ3v) is 5.03. The van der Waals surface area contributed by atoms with E-state index in [1.807, 2.05) is 13.8 Å². The minimum atomic E-state index is -3.98. The van der Waals surface area contributed by atoms with Crippen LogP contribution in [0.2, 0.25) is 0 Å². The van der Waals surface area contributed by atoms with Gasteiger partial charge in [0.05, 0.1) is 10.6 Å². The van der Waals surface area contributed by atoms with Crippen molar-refractivity contribution in [2.24, 2.45) is 0 Å². The van der Waals surface area contributed by atoms with E-state index < -0.39 is 21.7 Å². The molecule has 0 bridgehead atoms. The summed E-state index contributed by atoms with van der Waals surface area (Å²) in [5.74, 6) is -2.41. The van der Waals surface area contributed by atoms with Gasteiger partial charge in [0.2, 0.25) is 0 Å². The monoisotopic (exact) mass is 368 g/mol. The van der Waals surface area contributed by atoms with Crippen molar-refractivity contribution in [1.29, 1.82) is 0 Å². The Bertz CT molecular complexity index is 864. The number of hydrogen-bond donors (Lipinski definition) is 1. The van der Waals surface area contributed by atoms with E-state index in [9.17, 15) is 22.0 Å². The van der Waals surface area contributed by atoms with Crippen LogP contribution in [0.15, 0.2) is 47.4 Å². The van der Waals surface area contributed by atoms with Gasteiger partial charge in [0, 0.05) is 24.7 Å². The van der Waals surface area contributed by atoms with Gasteiger partial charge in [-0.1, -0.05) is 0 Å². The van der Waals surface area contributed by atoms with Crippen LogP contribution in [0.3, 0.4) is 0 Å². The lowest BCUT2D eigenvalue weighted by atomic mass is 10.2. The zero-order valence-electron chi connectivity index (χ0n) is 13.8. The molecule has 2 rings (SSSR count). The largest absolute Gasteiger partial charge is 0.339 e. The summed E-state index contributed by atoms with van der Waals surface area (Å²) < 4.78 is 52.9. The average Bonchev–Trinajstić information content (AvgIpc) is 2.59. The predicted octanol–water partition coefficient (Wildman–Crippen LogP) is 3.25. The molecule has 134 valence electrons. The zero-order chi connectivity index (χ0) is 18.6. The van der Waals surface area contributed by atoms with Crippen molar-refractivity contribution in [3.63, 3.8) is 0 Å². The fourth-order valence-corrected chi connectivity index (χ4v) is 3.29. The van der Waals surface area contributed by atoms with Crippen molar-refractivity contribution in [3.8, 4) is 0 Å². The summed E-state index contributed by atoms with van der Waals surface area (Å²) in [4.78, 5) is 13.7. The maximum Gasteiger partial charge on any atom is 0.261 e. The summed E-state index contributed by atoms with van der Waals surface area (Å²) in [6.45, 7) is 4.80. The summed E-state index contributed by atoms with van der Waals surface area (Å²) in [5, 5.41) is 0. The summed E-state index contributed by atoms with van der Waals surface area (Å²) in [5.41, 5.74) is 0.276. The maximum atomic E-state index is 13.2. The molecule has 0 radical (unpaired) electrons. The Kier molecular flexibility index (Phi) is 5.73. The predicted molar refractivity (Wildman–Crippen MR) is 90.9 cm³/mol. The summed E-state index contributed by atoms with van der Waals surface area (Å²) in [6.07, 6.45) is 0. The maximum absolute atomic E-state index is 13.2. The van der Waals surface area contributed by atoms with Gasteiger partial charge in [0.15, 0.2) is 11.6 Å². The van der Waals surface area contributed by atoms with Gasteiger partial charge < -0.3 is 4.90 Å². The minimum Gasteiger partial charge on any atom is -0.339 e. The molecule has 2 aromatic carbocycles. The number of nitrogens with zero attached hydrogens (tertiary/aromatic N) is 1. The molecule has 0 unspecified atom stereocenters. The van der Waals surface area contributed by atoms with Crippen molar-refractivity contribution in [1.82, 2.24) is 4.90 Å². The number of halogens is 2. The molecule has 0 saturated heterocycles. The highest BCUT2D eigenvalue weighted by atomic mass is 32.2. The smallest absolute Gasteiger partial charge is 0.261 e. The van der Waals surface area contributed by atoms with Gasteiger partial charge in [-0.05, 0) is 50.2 Å². The van der Waals surface area contributed by atoms with Crippen LogP contribution >= 0.6 is 0 Å². The van der Waals surface area contributed by atoms with Crippen LogP contribution < -0.4 is 4.72 Å². The molecule has 2 aromatic rings. The van der Waals surface area contributed by atoms with Gasteiger partial charge in [-0.15, -0.1) is 0 Å². The number of nitrogens with one attached hydrogen (secondary N) is 1. The summed E-state index contributed by atoms with van der Waals surface area (Å²) in [6, 6.07) is 8.12. The lowest BCUT2D eigenvalue weighted by Gasteiger charge is -2.18. The Morgan fingerprint density at radius 3 is 2.12 bits per heavy atom. The second-order valence-electron chi connectivity index (χ2n) is 5.24. The second kappa shape index (κ2) is 7.60. The van der Waals surface area contributed by atoms with Crippen LogP contribution in [0, 0.1) is 11.6 Å². The summed E-state index contributed by atoms with van der Waals surface area (Å²) in [7, 11) is -3.98. The van der Waals surface area contributed by atoms with E-state index in [0.717, 1.165) is 18.2 Å². The van der Waals surface area contributed by atoms with Crippen molar-refractivity contribution in [3.05, 3.63) is 59.7 Å². The first-order chi connectivity index (χ1) is 11.8. The van der Waals surface area contributed by atoms with Crippen molar-refractivity contribution in [2.45, 2.75) is 18.7 Å². The topological polar surface area (TPSA) is 66.5 Å². The molecule has 0 aliphatic carbocycles. The first-order valence-electron chi connectivity index (χ1n) is 7.65. The Balaban J connectivity index is 2.22. The number of anilines is 1. The third kappa shape index (κ3) is 4.33. The third-order valence-electron chi connectivity index (χ3n) is 3.63. The first-order valence-corrected chi connectivity index (χ1v) is 9.14. The van der Waals surface area contributed by atoms with E-state index >= 15 is 0 Å². The lowest BCUT2D eigenvalue weighted by molar-refractivity contribution is 0.0773. The average molecular weight is 368 g/mol. The fraction of sp³-hybridized carbons (Fsp3) is 0.235. The van der Waals surface area contributed by atoms with E-state index in [1.165, 1.54) is 24.3 Å². The number of carbonyl (C=O) groups is 1. The molecule has 0 spiro atoms. The van der Waals surface area contributed by atoms with E-state index in [0.29, 0.717) is 18.7 Å². The van der Waals surface area contributed by atoms with Gasteiger partial charge in [0.25, 0.3) is 15.9 Å². The Morgan fingerprint density at radius 2 is 1.60 bits per heavy atom. The number of benzene rings is 2. The molecule has 1 amide bonds. The highest BCUT2D eigenvalue weighted by molar-refractivity contribution is 7.92. The molecular weight excluding hydrogens is 350 g/mol. The summed E-state index contributed by atoms with van der Waals surface area (Å²) >= 11 is 0. The highest BCUT2D eigenvalue weighted by Crippen LogP contribution is 2.19. The Labute approximate surface area is 145 Å². The quantitative estimate of drug-likeness (QED) is 0.851. The highest BCUT2D eigenvalue weighted by Gasteiger charge is 2.17. The number of hydrogen-bond acceptors (Lipinski definition) is 3. The minimum absolute atomic E-state index is 0.0895. The molecule has 0 aliphatic heterocycles. The molecule has 1 N–H and O–H groups in total. The standard InChI is InChI=1S/C17H18F2N2O3S/c1-3-21(4-2)17(22)12-5-8-14(9-6-12)25(23,24)20-13-7-10-15(18)16(19)11-13/h5-11,20H,3-4H2,1-2H3. The first kappa shape index (κ1) is 18.9. The number of amides is 1. The molecule has 0 fully saturated rings. The molecule has 0 atom stereocenters. The second-order valence-corrected chi connectivity index (χ2v) is 6.92. The zero-order valence-corrected chi connectivity index (χ0v) is 14.6. The molecular formula is C17H18F2N2O3S. The molecule has 8 heteroatoms. The van der Waals surface area contributed by atoms with Crippen LogP contribution in [0.25, 0.3) is 0 Å². The van der Waals surface area contributed by atoms with Crippen LogP contribution in [-0.2, 0) is 10.0 Å². The molecule has 0 heterocycles. The molecule has 0 aromatic heterocycles. The van der Waals surface area contributed by atoms with E-state index in [2.05, 4.69) is 4.72 Å². The van der Waals surface area contributed by atoms with Crippen molar-refractivity contribution < 1.29 is 22.0 Å². The van der Waals surface area contributed by atoms with Gasteiger partial charge in [-0.3, -0.25) is 9.52 Å². The number of rotatable bonds is 6. The molecule has 0 saturated carbocycles. The lowest BCUT2D eigenvalue weighted by Crippen LogP contribution is -2.30. The van der Waals surface area contributed by atoms with Gasteiger partial charge in [0.1, 0.15) is 0 Å². The van der Waals surface area contributed by atoms with Crippen molar-refractivity contribution in [2.75, 3.05) is 17.8 Å². The Hall–Kier alpha value is -2.48. The van der Waals surface area contributed by atoms with Crippen LogP contribution in [0.5, 0.6) is 0 Å². The van der Waals surface area contributed by atoms with E-state index in [-0.39, 0.29) is 16.5 Å². The Morgan fingerprint density at radius 1 is 1.00 bits per heavy atom. The SMILES string of the molecule is CCN(CC)C(=O)c1ccc(S(=O)(=O)Nc2ccc(F)c(F)c2)cc1. The fourth-order valence-electron chi connectivity index (χ4n) is 2.24. The van der Waals surface area contributed by atoms with Crippen LogP contribution in [0.1, 0.15) is 24.2 Å². The van der Waals surface area contributed by atoms with E-state index in [1.54, 1.807) is 4.90 Å². The van der Waals surface area contributed by atoms with Gasteiger partial charge in [-0.2, -0.15) is 0 Å². The molecule has 25 heavy (non-hydrogen) atoms. The van der Waals surface area contributed by atoms with Crippen molar-refractivity contribution >= 4 is 21.6 Å². The number of sulfonamides is 1. The number of carbonyl (C=O) groups excluding carboxylic acids is 1.